The molecule has 112 valence electrons. The van der Waals surface area contributed by atoms with Crippen LogP contribution in [0.4, 0.5) is 0 Å². The summed E-state index contributed by atoms with van der Waals surface area (Å²) in [7, 11) is 0. The molecule has 2 aliphatic carbocycles. The minimum absolute atomic E-state index is 0. The minimum atomic E-state index is 0. The van der Waals surface area contributed by atoms with E-state index in [-0.39, 0.29) is 37.3 Å². The molecule has 6 heteroatoms. The SMILES string of the molecule is Cl.Cl.NCC(=O)N1CCN(C2CC3CCC2C3)CC1. The van der Waals surface area contributed by atoms with E-state index in [0.29, 0.717) is 0 Å². The van der Waals surface area contributed by atoms with E-state index in [9.17, 15) is 4.79 Å². The number of halogens is 2. The van der Waals surface area contributed by atoms with Gasteiger partial charge in [-0.2, -0.15) is 0 Å². The summed E-state index contributed by atoms with van der Waals surface area (Å²) >= 11 is 0. The van der Waals surface area contributed by atoms with E-state index < -0.39 is 0 Å². The smallest absolute Gasteiger partial charge is 0.236 e. The third-order valence-corrected chi connectivity index (χ3v) is 5.01. The Bertz CT molecular complexity index is 308. The van der Waals surface area contributed by atoms with Crippen LogP contribution in [0, 0.1) is 11.8 Å². The first kappa shape index (κ1) is 17.0. The van der Waals surface area contributed by atoms with Gasteiger partial charge < -0.3 is 10.6 Å². The molecule has 0 aromatic heterocycles. The number of rotatable bonds is 2. The zero-order chi connectivity index (χ0) is 11.8. The fourth-order valence-electron chi connectivity index (χ4n) is 4.09. The second-order valence-electron chi connectivity index (χ2n) is 5.86. The molecule has 2 bridgehead atoms. The molecule has 1 amide bonds. The molecule has 3 atom stereocenters. The minimum Gasteiger partial charge on any atom is -0.339 e. The molecule has 3 rings (SSSR count). The first-order valence-electron chi connectivity index (χ1n) is 7.00. The van der Waals surface area contributed by atoms with Gasteiger partial charge in [0.05, 0.1) is 6.54 Å². The maximum Gasteiger partial charge on any atom is 0.236 e. The molecule has 2 N–H and O–H groups in total. The fraction of sp³-hybridized carbons (Fsp3) is 0.923. The highest BCUT2D eigenvalue weighted by molar-refractivity contribution is 5.85. The van der Waals surface area contributed by atoms with Crippen LogP contribution in [0.3, 0.4) is 0 Å². The van der Waals surface area contributed by atoms with Crippen molar-refractivity contribution in [2.24, 2.45) is 17.6 Å². The summed E-state index contributed by atoms with van der Waals surface area (Å²) in [6, 6.07) is 0.823. The largest absolute Gasteiger partial charge is 0.339 e. The van der Waals surface area contributed by atoms with Crippen molar-refractivity contribution in [3.8, 4) is 0 Å². The quantitative estimate of drug-likeness (QED) is 0.831. The summed E-state index contributed by atoms with van der Waals surface area (Å²) in [4.78, 5) is 16.1. The van der Waals surface area contributed by atoms with Crippen LogP contribution in [0.25, 0.3) is 0 Å². The van der Waals surface area contributed by atoms with Crippen molar-refractivity contribution in [1.29, 1.82) is 0 Å². The number of hydrogen-bond donors (Lipinski definition) is 1. The van der Waals surface area contributed by atoms with Gasteiger partial charge in [0.1, 0.15) is 0 Å². The highest BCUT2D eigenvalue weighted by atomic mass is 35.5. The second kappa shape index (κ2) is 7.11. The van der Waals surface area contributed by atoms with Crippen LogP contribution in [0.1, 0.15) is 25.7 Å². The van der Waals surface area contributed by atoms with Crippen molar-refractivity contribution in [3.63, 3.8) is 0 Å². The molecular weight excluding hydrogens is 285 g/mol. The van der Waals surface area contributed by atoms with Crippen LogP contribution < -0.4 is 5.73 Å². The third-order valence-electron chi connectivity index (χ3n) is 5.01. The second-order valence-corrected chi connectivity index (χ2v) is 5.86. The lowest BCUT2D eigenvalue weighted by molar-refractivity contribution is -0.131. The maximum absolute atomic E-state index is 11.5. The van der Waals surface area contributed by atoms with E-state index in [1.54, 1.807) is 0 Å². The Morgan fingerprint density at radius 1 is 1.05 bits per heavy atom. The van der Waals surface area contributed by atoms with E-state index in [2.05, 4.69) is 4.90 Å². The van der Waals surface area contributed by atoms with E-state index in [0.717, 1.165) is 44.1 Å². The Morgan fingerprint density at radius 3 is 2.21 bits per heavy atom. The molecule has 0 aromatic rings. The molecule has 1 heterocycles. The van der Waals surface area contributed by atoms with Gasteiger partial charge in [0, 0.05) is 32.2 Å². The number of carbonyl (C=O) groups is 1. The topological polar surface area (TPSA) is 49.6 Å². The van der Waals surface area contributed by atoms with Crippen molar-refractivity contribution >= 4 is 30.7 Å². The number of nitrogens with zero attached hydrogens (tertiary/aromatic N) is 2. The van der Waals surface area contributed by atoms with Gasteiger partial charge in [0.2, 0.25) is 5.91 Å². The lowest BCUT2D eigenvalue weighted by atomic mass is 9.93. The molecule has 0 aromatic carbocycles. The van der Waals surface area contributed by atoms with Gasteiger partial charge in [-0.1, -0.05) is 6.42 Å². The number of amides is 1. The molecule has 1 saturated heterocycles. The van der Waals surface area contributed by atoms with Crippen LogP contribution in [0.2, 0.25) is 0 Å². The van der Waals surface area contributed by atoms with E-state index in [1.807, 2.05) is 4.90 Å². The Balaban J connectivity index is 0.000000902. The van der Waals surface area contributed by atoms with E-state index in [1.165, 1.54) is 25.7 Å². The standard InChI is InChI=1S/C13H23N3O.2ClH/c14-9-13(17)16-5-3-15(4-6-16)12-8-10-1-2-11(12)7-10;;/h10-12H,1-9,14H2;2*1H. The maximum atomic E-state index is 11.5. The van der Waals surface area contributed by atoms with Crippen LogP contribution in [0.5, 0.6) is 0 Å². The summed E-state index contributed by atoms with van der Waals surface area (Å²) in [5.41, 5.74) is 5.40. The lowest BCUT2D eigenvalue weighted by Gasteiger charge is -2.41. The average molecular weight is 310 g/mol. The van der Waals surface area contributed by atoms with Gasteiger partial charge in [-0.25, -0.2) is 0 Å². The summed E-state index contributed by atoms with van der Waals surface area (Å²) in [6.07, 6.45) is 5.78. The molecule has 0 radical (unpaired) electrons. The van der Waals surface area contributed by atoms with Crippen LogP contribution in [-0.4, -0.2) is 54.5 Å². The Morgan fingerprint density at radius 2 is 1.74 bits per heavy atom. The lowest BCUT2D eigenvalue weighted by Crippen LogP contribution is -2.54. The molecule has 19 heavy (non-hydrogen) atoms. The first-order chi connectivity index (χ1) is 8.28. The van der Waals surface area contributed by atoms with E-state index in [4.69, 9.17) is 5.73 Å². The van der Waals surface area contributed by atoms with Crippen molar-refractivity contribution in [2.45, 2.75) is 31.7 Å². The Hall–Kier alpha value is -0.0300. The summed E-state index contributed by atoms with van der Waals surface area (Å²) in [5, 5.41) is 0. The molecule has 0 spiro atoms. The Labute approximate surface area is 127 Å². The zero-order valence-corrected chi connectivity index (χ0v) is 12.9. The van der Waals surface area contributed by atoms with Crippen LogP contribution >= 0.6 is 24.8 Å². The fourth-order valence-corrected chi connectivity index (χ4v) is 4.09. The molecule has 3 fully saturated rings. The van der Waals surface area contributed by atoms with Crippen molar-refractivity contribution in [3.05, 3.63) is 0 Å². The predicted octanol–water partition coefficient (Wildman–Crippen LogP) is 1.12. The Kier molecular flexibility index (Phi) is 6.37. The third kappa shape index (κ3) is 3.35. The number of piperazine rings is 1. The van der Waals surface area contributed by atoms with Crippen molar-refractivity contribution in [2.75, 3.05) is 32.7 Å². The van der Waals surface area contributed by atoms with Gasteiger partial charge >= 0.3 is 0 Å². The van der Waals surface area contributed by atoms with E-state index >= 15 is 0 Å². The van der Waals surface area contributed by atoms with Crippen molar-refractivity contribution < 1.29 is 4.79 Å². The normalized spacial score (nSPS) is 33.7. The van der Waals surface area contributed by atoms with Crippen molar-refractivity contribution in [1.82, 2.24) is 9.80 Å². The van der Waals surface area contributed by atoms with Gasteiger partial charge in [-0.15, -0.1) is 24.8 Å². The number of fused-ring (bicyclic) bond motifs is 2. The summed E-state index contributed by atoms with van der Waals surface area (Å²) < 4.78 is 0. The first-order valence-corrected chi connectivity index (χ1v) is 7.00. The molecule has 3 unspecified atom stereocenters. The zero-order valence-electron chi connectivity index (χ0n) is 11.3. The number of hydrogen-bond acceptors (Lipinski definition) is 3. The monoisotopic (exact) mass is 309 g/mol. The molecule has 3 aliphatic rings. The average Bonchev–Trinajstić information content (AvgIpc) is 3.00. The van der Waals surface area contributed by atoms with Crippen LogP contribution in [0.15, 0.2) is 0 Å². The van der Waals surface area contributed by atoms with Crippen LogP contribution in [-0.2, 0) is 4.79 Å². The highest BCUT2D eigenvalue weighted by Crippen LogP contribution is 2.46. The molecule has 4 nitrogen and oxygen atoms in total. The molecule has 2 saturated carbocycles. The number of carbonyl (C=O) groups excluding carboxylic acids is 1. The number of nitrogens with two attached hydrogens (primary N) is 1. The molecular formula is C13H25Cl2N3O. The van der Waals surface area contributed by atoms with Gasteiger partial charge in [0.15, 0.2) is 0 Å². The molecule has 1 aliphatic heterocycles. The van der Waals surface area contributed by atoms with Gasteiger partial charge in [-0.05, 0) is 31.1 Å². The summed E-state index contributed by atoms with van der Waals surface area (Å²) in [6.45, 7) is 4.03. The highest BCUT2D eigenvalue weighted by Gasteiger charge is 2.42. The van der Waals surface area contributed by atoms with Gasteiger partial charge in [0.25, 0.3) is 0 Å². The summed E-state index contributed by atoms with van der Waals surface area (Å²) in [5.74, 6) is 2.07. The van der Waals surface area contributed by atoms with Gasteiger partial charge in [-0.3, -0.25) is 9.69 Å². The predicted molar refractivity (Wildman–Crippen MR) is 80.9 cm³/mol.